The van der Waals surface area contributed by atoms with Crippen LogP contribution < -0.4 is 10.6 Å². The molecule has 2 amide bonds. The minimum Gasteiger partial charge on any atom is -0.463 e. The lowest BCUT2D eigenvalue weighted by Crippen LogP contribution is -2.60. The van der Waals surface area contributed by atoms with Gasteiger partial charge in [0, 0.05) is 18.7 Å². The normalized spacial score (nSPS) is 16.8. The molecule has 0 aromatic heterocycles. The standard InChI is InChI=1S/C18H23N3O4S/c1-11(2)25-15(22)10-14-17(24)19-7-8-21(14)18(26)20-16(23)13-6-4-5-12(3)9-13/h4-6,9,11,14H,7-8,10H2,1-3H3,(H,19,24)(H,20,23,26). The molecule has 0 spiro atoms. The van der Waals surface area contributed by atoms with Crippen molar-refractivity contribution in [1.29, 1.82) is 0 Å². The lowest BCUT2D eigenvalue weighted by Gasteiger charge is -2.36. The first-order chi connectivity index (χ1) is 12.3. The van der Waals surface area contributed by atoms with E-state index < -0.39 is 12.0 Å². The smallest absolute Gasteiger partial charge is 0.308 e. The first-order valence-electron chi connectivity index (χ1n) is 8.43. The number of carbonyl (C=O) groups is 3. The van der Waals surface area contributed by atoms with Crippen molar-refractivity contribution in [3.05, 3.63) is 35.4 Å². The quantitative estimate of drug-likeness (QED) is 0.605. The Hall–Kier alpha value is -2.48. The van der Waals surface area contributed by atoms with E-state index in [1.54, 1.807) is 36.9 Å². The molecule has 1 fully saturated rings. The van der Waals surface area contributed by atoms with Crippen molar-refractivity contribution in [2.24, 2.45) is 0 Å². The van der Waals surface area contributed by atoms with Crippen LogP contribution in [0.1, 0.15) is 36.2 Å². The topological polar surface area (TPSA) is 87.7 Å². The van der Waals surface area contributed by atoms with E-state index in [-0.39, 0.29) is 29.5 Å². The van der Waals surface area contributed by atoms with Gasteiger partial charge in [-0.2, -0.15) is 0 Å². The predicted octanol–water partition coefficient (Wildman–Crippen LogP) is 1.15. The summed E-state index contributed by atoms with van der Waals surface area (Å²) in [6.45, 7) is 6.15. The number of rotatable bonds is 4. The highest BCUT2D eigenvalue weighted by molar-refractivity contribution is 7.80. The van der Waals surface area contributed by atoms with E-state index in [1.807, 2.05) is 13.0 Å². The summed E-state index contributed by atoms with van der Waals surface area (Å²) in [5, 5.41) is 5.47. The summed E-state index contributed by atoms with van der Waals surface area (Å²) in [5.41, 5.74) is 1.43. The van der Waals surface area contributed by atoms with Crippen molar-refractivity contribution < 1.29 is 19.1 Å². The Balaban J connectivity index is 2.07. The minimum atomic E-state index is -0.805. The van der Waals surface area contributed by atoms with Crippen LogP contribution in [-0.2, 0) is 14.3 Å². The van der Waals surface area contributed by atoms with Crippen molar-refractivity contribution in [2.75, 3.05) is 13.1 Å². The number of aryl methyl sites for hydroxylation is 1. The van der Waals surface area contributed by atoms with E-state index in [0.29, 0.717) is 18.7 Å². The van der Waals surface area contributed by atoms with Gasteiger partial charge in [-0.05, 0) is 45.1 Å². The van der Waals surface area contributed by atoms with Crippen molar-refractivity contribution in [2.45, 2.75) is 39.3 Å². The van der Waals surface area contributed by atoms with E-state index >= 15 is 0 Å². The summed E-state index contributed by atoms with van der Waals surface area (Å²) in [6.07, 6.45) is -0.402. The molecule has 2 N–H and O–H groups in total. The summed E-state index contributed by atoms with van der Waals surface area (Å²) in [6, 6.07) is 6.30. The Labute approximate surface area is 158 Å². The Morgan fingerprint density at radius 2 is 2.15 bits per heavy atom. The van der Waals surface area contributed by atoms with Gasteiger partial charge in [-0.15, -0.1) is 0 Å². The Morgan fingerprint density at radius 3 is 2.81 bits per heavy atom. The van der Waals surface area contributed by atoms with Crippen molar-refractivity contribution in [3.8, 4) is 0 Å². The number of amides is 2. The molecule has 2 rings (SSSR count). The van der Waals surface area contributed by atoms with E-state index in [9.17, 15) is 14.4 Å². The molecule has 0 saturated carbocycles. The molecule has 0 radical (unpaired) electrons. The summed E-state index contributed by atoms with van der Waals surface area (Å²) in [4.78, 5) is 38.1. The van der Waals surface area contributed by atoms with E-state index in [1.165, 1.54) is 0 Å². The second-order valence-corrected chi connectivity index (χ2v) is 6.76. The SMILES string of the molecule is Cc1cccc(C(=O)NC(=S)N2CCNC(=O)C2CC(=O)OC(C)C)c1. The third-order valence-electron chi connectivity index (χ3n) is 3.82. The first-order valence-corrected chi connectivity index (χ1v) is 8.84. The molecule has 26 heavy (non-hydrogen) atoms. The first kappa shape index (κ1) is 19.8. The maximum Gasteiger partial charge on any atom is 0.308 e. The fourth-order valence-corrected chi connectivity index (χ4v) is 2.97. The van der Waals surface area contributed by atoms with E-state index in [4.69, 9.17) is 17.0 Å². The molecule has 1 unspecified atom stereocenters. The predicted molar refractivity (Wildman–Crippen MR) is 101 cm³/mol. The minimum absolute atomic E-state index is 0.119. The Morgan fingerprint density at radius 1 is 1.42 bits per heavy atom. The van der Waals surface area contributed by atoms with E-state index in [2.05, 4.69) is 10.6 Å². The number of nitrogens with zero attached hydrogens (tertiary/aromatic N) is 1. The number of esters is 1. The summed E-state index contributed by atoms with van der Waals surface area (Å²) < 4.78 is 5.12. The fraction of sp³-hybridized carbons (Fsp3) is 0.444. The molecule has 140 valence electrons. The van der Waals surface area contributed by atoms with Gasteiger partial charge in [0.05, 0.1) is 12.5 Å². The number of carbonyl (C=O) groups excluding carboxylic acids is 3. The van der Waals surface area contributed by atoms with Gasteiger partial charge in [0.1, 0.15) is 6.04 Å². The van der Waals surface area contributed by atoms with Crippen LogP contribution in [0.5, 0.6) is 0 Å². The van der Waals surface area contributed by atoms with Gasteiger partial charge in [0.25, 0.3) is 5.91 Å². The molecule has 1 aliphatic rings. The van der Waals surface area contributed by atoms with Gasteiger partial charge in [-0.25, -0.2) is 0 Å². The second-order valence-electron chi connectivity index (χ2n) is 6.37. The monoisotopic (exact) mass is 377 g/mol. The van der Waals surface area contributed by atoms with Gasteiger partial charge < -0.3 is 15.0 Å². The van der Waals surface area contributed by atoms with Crippen LogP contribution in [0.15, 0.2) is 24.3 Å². The van der Waals surface area contributed by atoms with Crippen molar-refractivity contribution in [3.63, 3.8) is 0 Å². The van der Waals surface area contributed by atoms with Crippen molar-refractivity contribution >= 4 is 35.1 Å². The zero-order chi connectivity index (χ0) is 19.3. The molecule has 1 aromatic rings. The lowest BCUT2D eigenvalue weighted by atomic mass is 10.1. The average molecular weight is 377 g/mol. The zero-order valence-corrected chi connectivity index (χ0v) is 15.9. The zero-order valence-electron chi connectivity index (χ0n) is 15.1. The van der Waals surface area contributed by atoms with Crippen LogP contribution in [0.2, 0.25) is 0 Å². The van der Waals surface area contributed by atoms with Crippen LogP contribution in [0, 0.1) is 6.92 Å². The number of thiocarbonyl (C=S) groups is 1. The molecule has 1 aliphatic heterocycles. The largest absolute Gasteiger partial charge is 0.463 e. The Bertz CT molecular complexity index is 720. The molecule has 0 bridgehead atoms. The second kappa shape index (κ2) is 8.75. The maximum absolute atomic E-state index is 12.4. The molecule has 7 nitrogen and oxygen atoms in total. The summed E-state index contributed by atoms with van der Waals surface area (Å²) >= 11 is 5.32. The average Bonchev–Trinajstić information content (AvgIpc) is 2.55. The van der Waals surface area contributed by atoms with Crippen LogP contribution in [0.3, 0.4) is 0 Å². The summed E-state index contributed by atoms with van der Waals surface area (Å²) in [5.74, 6) is -1.16. The number of nitrogens with one attached hydrogen (secondary N) is 2. The molecule has 1 heterocycles. The highest BCUT2D eigenvalue weighted by atomic mass is 32.1. The number of ether oxygens (including phenoxy) is 1. The van der Waals surface area contributed by atoms with Gasteiger partial charge in [-0.3, -0.25) is 19.7 Å². The van der Waals surface area contributed by atoms with Gasteiger partial charge in [0.15, 0.2) is 5.11 Å². The molecule has 8 heteroatoms. The number of piperazine rings is 1. The lowest BCUT2D eigenvalue weighted by molar-refractivity contribution is -0.150. The third-order valence-corrected chi connectivity index (χ3v) is 4.16. The van der Waals surface area contributed by atoms with Gasteiger partial charge >= 0.3 is 5.97 Å². The number of benzene rings is 1. The van der Waals surface area contributed by atoms with Gasteiger partial charge in [-0.1, -0.05) is 17.7 Å². The fourth-order valence-electron chi connectivity index (χ4n) is 2.66. The maximum atomic E-state index is 12.4. The Kier molecular flexibility index (Phi) is 6.68. The molecule has 1 atom stereocenters. The van der Waals surface area contributed by atoms with Crippen LogP contribution >= 0.6 is 12.2 Å². The molecule has 0 aliphatic carbocycles. The van der Waals surface area contributed by atoms with Crippen molar-refractivity contribution in [1.82, 2.24) is 15.5 Å². The highest BCUT2D eigenvalue weighted by Crippen LogP contribution is 2.12. The van der Waals surface area contributed by atoms with Crippen LogP contribution in [0.25, 0.3) is 0 Å². The third kappa shape index (κ3) is 5.26. The molecular formula is C18H23N3O4S. The molecule has 1 aromatic carbocycles. The molecular weight excluding hydrogens is 354 g/mol. The summed E-state index contributed by atoms with van der Waals surface area (Å²) in [7, 11) is 0. The number of hydrogen-bond acceptors (Lipinski definition) is 5. The molecule has 1 saturated heterocycles. The van der Waals surface area contributed by atoms with Gasteiger partial charge in [0.2, 0.25) is 5.91 Å². The van der Waals surface area contributed by atoms with Crippen LogP contribution in [-0.4, -0.2) is 53.0 Å². The number of hydrogen-bond donors (Lipinski definition) is 2. The van der Waals surface area contributed by atoms with Crippen LogP contribution in [0.4, 0.5) is 0 Å². The van der Waals surface area contributed by atoms with E-state index in [0.717, 1.165) is 5.56 Å². The highest BCUT2D eigenvalue weighted by Gasteiger charge is 2.34.